The summed E-state index contributed by atoms with van der Waals surface area (Å²) in [5.41, 5.74) is 4.76. The van der Waals surface area contributed by atoms with Crippen molar-refractivity contribution in [3.05, 3.63) is 69.7 Å². The van der Waals surface area contributed by atoms with Crippen molar-refractivity contribution in [2.45, 2.75) is 29.7 Å². The number of hydrogen-bond donors (Lipinski definition) is 3. The van der Waals surface area contributed by atoms with Crippen LogP contribution < -0.4 is 15.5 Å². The van der Waals surface area contributed by atoms with E-state index in [2.05, 4.69) is 43.7 Å². The van der Waals surface area contributed by atoms with Crippen LogP contribution in [0.15, 0.2) is 53.6 Å². The minimum absolute atomic E-state index is 0.242. The first kappa shape index (κ1) is 29.1. The Labute approximate surface area is 259 Å². The van der Waals surface area contributed by atoms with E-state index in [0.717, 1.165) is 66.5 Å². The number of piperazine rings is 1. The van der Waals surface area contributed by atoms with Gasteiger partial charge in [-0.3, -0.25) is 9.89 Å². The molecule has 0 bridgehead atoms. The summed E-state index contributed by atoms with van der Waals surface area (Å²) in [4.78, 5) is 23.2. The Balaban J connectivity index is 1.22. The van der Waals surface area contributed by atoms with Gasteiger partial charge in [0, 0.05) is 72.6 Å². The van der Waals surface area contributed by atoms with Crippen molar-refractivity contribution >= 4 is 69.1 Å². The molecular formula is C30H33Cl2N7O2S. The third-order valence-electron chi connectivity index (χ3n) is 7.69. The second-order valence-electron chi connectivity index (χ2n) is 10.6. The summed E-state index contributed by atoms with van der Waals surface area (Å²) in [5.74, 6) is 0.755. The maximum absolute atomic E-state index is 13.7. The zero-order chi connectivity index (χ0) is 29.1. The highest BCUT2D eigenvalue weighted by Crippen LogP contribution is 2.31. The number of anilines is 3. The Morgan fingerprint density at radius 3 is 2.69 bits per heavy atom. The molecule has 6 rings (SSSR count). The molecule has 4 heterocycles. The highest BCUT2D eigenvalue weighted by Gasteiger charge is 2.22. The monoisotopic (exact) mass is 625 g/mol. The van der Waals surface area contributed by atoms with Crippen LogP contribution in [0.2, 0.25) is 10.0 Å². The number of pyridine rings is 1. The van der Waals surface area contributed by atoms with Crippen molar-refractivity contribution in [1.82, 2.24) is 20.1 Å². The van der Waals surface area contributed by atoms with Gasteiger partial charge in [0.15, 0.2) is 5.82 Å². The molecule has 0 radical (unpaired) electrons. The van der Waals surface area contributed by atoms with Gasteiger partial charge in [0.1, 0.15) is 5.52 Å². The Bertz CT molecular complexity index is 1570. The normalized spacial score (nSPS) is 16.6. The maximum Gasteiger partial charge on any atom is 0.259 e. The van der Waals surface area contributed by atoms with Gasteiger partial charge in [-0.15, -0.1) is 11.8 Å². The number of carbonyl (C=O) groups is 1. The Hall–Kier alpha value is -3.02. The summed E-state index contributed by atoms with van der Waals surface area (Å²) in [7, 11) is 2.15. The molecule has 0 spiro atoms. The van der Waals surface area contributed by atoms with Gasteiger partial charge in [0.25, 0.3) is 5.91 Å². The van der Waals surface area contributed by atoms with Gasteiger partial charge in [-0.25, -0.2) is 4.98 Å². The first-order valence-corrected chi connectivity index (χ1v) is 15.8. The zero-order valence-electron chi connectivity index (χ0n) is 23.3. The van der Waals surface area contributed by atoms with Crippen LogP contribution in [0.4, 0.5) is 17.2 Å². The smallest absolute Gasteiger partial charge is 0.259 e. The summed E-state index contributed by atoms with van der Waals surface area (Å²) in [6, 6.07) is 15.5. The number of benzene rings is 2. The zero-order valence-corrected chi connectivity index (χ0v) is 25.7. The highest BCUT2D eigenvalue weighted by molar-refractivity contribution is 7.98. The number of fused-ring (bicyclic) bond motifs is 1. The van der Waals surface area contributed by atoms with E-state index in [-0.39, 0.29) is 11.9 Å². The fraction of sp³-hybridized carbons (Fsp3) is 0.367. The molecule has 2 saturated heterocycles. The molecular weight excluding hydrogens is 593 g/mol. The van der Waals surface area contributed by atoms with E-state index < -0.39 is 0 Å². The van der Waals surface area contributed by atoms with E-state index >= 15 is 0 Å². The van der Waals surface area contributed by atoms with Gasteiger partial charge in [-0.05, 0) is 74.0 Å². The lowest BCUT2D eigenvalue weighted by Crippen LogP contribution is -2.44. The van der Waals surface area contributed by atoms with E-state index in [1.807, 2.05) is 30.3 Å². The molecule has 1 amide bonds. The van der Waals surface area contributed by atoms with Crippen molar-refractivity contribution in [1.29, 1.82) is 0 Å². The predicted molar refractivity (Wildman–Crippen MR) is 171 cm³/mol. The number of nitrogens with one attached hydrogen (secondary N) is 3. The largest absolute Gasteiger partial charge is 0.381 e. The van der Waals surface area contributed by atoms with E-state index in [0.29, 0.717) is 45.9 Å². The van der Waals surface area contributed by atoms with Gasteiger partial charge in [-0.1, -0.05) is 23.2 Å². The molecule has 4 aromatic rings. The number of ether oxygens (including phenoxy) is 1. The fourth-order valence-electron chi connectivity index (χ4n) is 5.20. The number of carbonyl (C=O) groups excluding carboxylic acids is 1. The van der Waals surface area contributed by atoms with Crippen molar-refractivity contribution in [2.24, 2.45) is 0 Å². The van der Waals surface area contributed by atoms with Crippen LogP contribution in [0, 0.1) is 0 Å². The van der Waals surface area contributed by atoms with E-state index in [1.165, 1.54) is 11.8 Å². The third kappa shape index (κ3) is 6.79. The van der Waals surface area contributed by atoms with Gasteiger partial charge in [0.05, 0.1) is 16.1 Å². The standard InChI is InChI=1S/C30H33Cl2N7O2S/c1-38-10-12-39(13-11-38)22-3-4-23(26(17-22)33-21-8-14-41-15-9-21)30(40)35-29-28-25(36-37-29)6-7-27(34-28)42-18-19-16-20(31)2-5-24(19)32/h2-7,16-17,21,33H,8-15,18H2,1H3,(H2,35,36,37,40). The van der Waals surface area contributed by atoms with Crippen molar-refractivity contribution in [2.75, 3.05) is 62.0 Å². The average Bonchev–Trinajstić information content (AvgIpc) is 3.40. The number of thioether (sulfide) groups is 1. The Morgan fingerprint density at radius 2 is 1.88 bits per heavy atom. The van der Waals surface area contributed by atoms with Crippen LogP contribution in [-0.4, -0.2) is 78.5 Å². The molecule has 12 heteroatoms. The summed E-state index contributed by atoms with van der Waals surface area (Å²) in [6.45, 7) is 5.35. The molecule has 0 aliphatic carbocycles. The van der Waals surface area contributed by atoms with E-state index in [4.69, 9.17) is 32.9 Å². The Kier molecular flexibility index (Phi) is 9.06. The van der Waals surface area contributed by atoms with Crippen LogP contribution in [0.25, 0.3) is 11.0 Å². The summed E-state index contributed by atoms with van der Waals surface area (Å²) in [6.07, 6.45) is 1.79. The topological polar surface area (TPSA) is 98.4 Å². The molecule has 2 aromatic heterocycles. The average molecular weight is 627 g/mol. The molecule has 0 atom stereocenters. The molecule has 0 saturated carbocycles. The van der Waals surface area contributed by atoms with Gasteiger partial charge >= 0.3 is 0 Å². The number of H-pyrrole nitrogens is 1. The molecule has 220 valence electrons. The van der Waals surface area contributed by atoms with Gasteiger partial charge in [-0.2, -0.15) is 5.10 Å². The number of aromatic nitrogens is 3. The number of hydrogen-bond acceptors (Lipinski definition) is 8. The van der Waals surface area contributed by atoms with E-state index in [1.54, 1.807) is 12.1 Å². The Morgan fingerprint density at radius 1 is 1.07 bits per heavy atom. The molecule has 0 unspecified atom stereocenters. The summed E-state index contributed by atoms with van der Waals surface area (Å²) in [5, 5.41) is 16.1. The SMILES string of the molecule is CN1CCN(c2ccc(C(=O)Nc3n[nH]c4ccc(SCc5cc(Cl)ccc5Cl)nc34)c(NC3CCOCC3)c2)CC1. The van der Waals surface area contributed by atoms with Crippen LogP contribution in [0.3, 0.4) is 0 Å². The van der Waals surface area contributed by atoms with Crippen molar-refractivity contribution in [3.63, 3.8) is 0 Å². The maximum atomic E-state index is 13.7. The van der Waals surface area contributed by atoms with Gasteiger partial charge in [0.2, 0.25) is 0 Å². The lowest BCUT2D eigenvalue weighted by atomic mass is 10.1. The molecule has 2 aromatic carbocycles. The lowest BCUT2D eigenvalue weighted by molar-refractivity contribution is 0.0904. The first-order chi connectivity index (χ1) is 20.4. The molecule has 42 heavy (non-hydrogen) atoms. The van der Waals surface area contributed by atoms with Crippen LogP contribution in [0.5, 0.6) is 0 Å². The number of nitrogens with zero attached hydrogens (tertiary/aromatic N) is 4. The minimum Gasteiger partial charge on any atom is -0.381 e. The highest BCUT2D eigenvalue weighted by atomic mass is 35.5. The number of rotatable bonds is 8. The lowest BCUT2D eigenvalue weighted by Gasteiger charge is -2.34. The number of halogens is 2. The molecule has 9 nitrogen and oxygen atoms in total. The third-order valence-corrected chi connectivity index (χ3v) is 9.28. The van der Waals surface area contributed by atoms with Crippen molar-refractivity contribution < 1.29 is 9.53 Å². The van der Waals surface area contributed by atoms with Gasteiger partial charge < -0.3 is 25.2 Å². The number of aromatic amines is 1. The second kappa shape index (κ2) is 13.1. The fourth-order valence-corrected chi connectivity index (χ4v) is 6.52. The number of likely N-dealkylation sites (N-methyl/N-ethyl adjacent to an activating group) is 1. The summed E-state index contributed by atoms with van der Waals surface area (Å²) >= 11 is 14.0. The molecule has 2 fully saturated rings. The second-order valence-corrected chi connectivity index (χ2v) is 12.5. The molecule has 2 aliphatic rings. The van der Waals surface area contributed by atoms with Crippen LogP contribution in [0.1, 0.15) is 28.8 Å². The first-order valence-electron chi connectivity index (χ1n) is 14.1. The van der Waals surface area contributed by atoms with E-state index in [9.17, 15) is 4.79 Å². The molecule has 3 N–H and O–H groups in total. The minimum atomic E-state index is -0.242. The predicted octanol–water partition coefficient (Wildman–Crippen LogP) is 6.15. The molecule has 2 aliphatic heterocycles. The number of amides is 1. The quantitative estimate of drug-likeness (QED) is 0.201. The summed E-state index contributed by atoms with van der Waals surface area (Å²) < 4.78 is 5.55. The van der Waals surface area contributed by atoms with Crippen molar-refractivity contribution in [3.8, 4) is 0 Å². The van der Waals surface area contributed by atoms with Crippen LogP contribution in [-0.2, 0) is 10.5 Å². The van der Waals surface area contributed by atoms with Crippen LogP contribution >= 0.6 is 35.0 Å².